The SMILES string of the molecule is COCCc1c(C(=O)OC)nnn1CCCF. The number of hydrogen-bond acceptors (Lipinski definition) is 5. The number of carbonyl (C=O) groups excluding carboxylic acids is 1. The lowest BCUT2D eigenvalue weighted by atomic mass is 10.2. The minimum atomic E-state index is -0.539. The molecule has 96 valence electrons. The van der Waals surface area contributed by atoms with Crippen LogP contribution in [0.2, 0.25) is 0 Å². The standard InChI is InChI=1S/C10H16FN3O3/c1-16-7-4-8-9(10(15)17-2)12-13-14(8)6-3-5-11/h3-7H2,1-2H3. The molecule has 0 amide bonds. The Hall–Kier alpha value is -1.50. The van der Waals surface area contributed by atoms with E-state index < -0.39 is 12.6 Å². The van der Waals surface area contributed by atoms with Crippen molar-refractivity contribution in [2.24, 2.45) is 0 Å². The Morgan fingerprint density at radius 3 is 2.82 bits per heavy atom. The minimum absolute atomic E-state index is 0.170. The van der Waals surface area contributed by atoms with E-state index in [1.54, 1.807) is 7.11 Å². The number of esters is 1. The fourth-order valence-corrected chi connectivity index (χ4v) is 1.42. The highest BCUT2D eigenvalue weighted by Crippen LogP contribution is 2.09. The molecule has 0 saturated carbocycles. The smallest absolute Gasteiger partial charge is 0.360 e. The quantitative estimate of drug-likeness (QED) is 0.658. The molecular weight excluding hydrogens is 229 g/mol. The van der Waals surface area contributed by atoms with E-state index >= 15 is 0 Å². The largest absolute Gasteiger partial charge is 0.464 e. The van der Waals surface area contributed by atoms with Gasteiger partial charge in [-0.3, -0.25) is 4.39 Å². The van der Waals surface area contributed by atoms with Gasteiger partial charge in [0.25, 0.3) is 0 Å². The minimum Gasteiger partial charge on any atom is -0.464 e. The highest BCUT2D eigenvalue weighted by Gasteiger charge is 2.19. The third kappa shape index (κ3) is 3.48. The second-order valence-corrected chi connectivity index (χ2v) is 3.38. The van der Waals surface area contributed by atoms with E-state index in [0.29, 0.717) is 31.7 Å². The fourth-order valence-electron chi connectivity index (χ4n) is 1.42. The van der Waals surface area contributed by atoms with Crippen LogP contribution in [-0.4, -0.2) is 48.5 Å². The molecule has 0 aliphatic carbocycles. The number of aromatic nitrogens is 3. The molecule has 0 radical (unpaired) electrons. The Bertz CT molecular complexity index is 368. The number of hydrogen-bond donors (Lipinski definition) is 0. The first-order valence-electron chi connectivity index (χ1n) is 5.30. The van der Waals surface area contributed by atoms with Crippen molar-refractivity contribution in [2.45, 2.75) is 19.4 Å². The van der Waals surface area contributed by atoms with Crippen LogP contribution in [0.4, 0.5) is 4.39 Å². The molecule has 1 aromatic heterocycles. The zero-order chi connectivity index (χ0) is 12.7. The van der Waals surface area contributed by atoms with Crippen molar-refractivity contribution in [3.05, 3.63) is 11.4 Å². The third-order valence-electron chi connectivity index (χ3n) is 2.26. The van der Waals surface area contributed by atoms with Gasteiger partial charge in [-0.2, -0.15) is 0 Å². The summed E-state index contributed by atoms with van der Waals surface area (Å²) >= 11 is 0. The summed E-state index contributed by atoms with van der Waals surface area (Å²) in [7, 11) is 2.84. The van der Waals surface area contributed by atoms with Gasteiger partial charge in [0, 0.05) is 20.1 Å². The molecule has 0 unspecified atom stereocenters. The average molecular weight is 245 g/mol. The molecule has 1 aromatic rings. The summed E-state index contributed by atoms with van der Waals surface area (Å²) in [5.41, 5.74) is 0.788. The molecule has 0 spiro atoms. The normalized spacial score (nSPS) is 10.5. The van der Waals surface area contributed by atoms with E-state index in [4.69, 9.17) is 4.74 Å². The number of alkyl halides is 1. The molecule has 1 rings (SSSR count). The zero-order valence-corrected chi connectivity index (χ0v) is 9.98. The maximum atomic E-state index is 12.1. The first-order chi connectivity index (χ1) is 8.24. The number of nitrogens with zero attached hydrogens (tertiary/aromatic N) is 3. The van der Waals surface area contributed by atoms with Crippen molar-refractivity contribution in [3.63, 3.8) is 0 Å². The number of halogens is 1. The van der Waals surface area contributed by atoms with Gasteiger partial charge >= 0.3 is 5.97 Å². The van der Waals surface area contributed by atoms with Gasteiger partial charge in [0.05, 0.1) is 26.1 Å². The summed E-state index contributed by atoms with van der Waals surface area (Å²) in [5.74, 6) is -0.539. The summed E-state index contributed by atoms with van der Waals surface area (Å²) < 4.78 is 23.2. The molecule has 17 heavy (non-hydrogen) atoms. The van der Waals surface area contributed by atoms with E-state index in [2.05, 4.69) is 15.0 Å². The average Bonchev–Trinajstić information content (AvgIpc) is 2.75. The van der Waals surface area contributed by atoms with Crippen LogP contribution in [0, 0.1) is 0 Å². The number of ether oxygens (including phenoxy) is 2. The molecule has 6 nitrogen and oxygen atoms in total. The summed E-state index contributed by atoms with van der Waals surface area (Å²) in [4.78, 5) is 11.4. The van der Waals surface area contributed by atoms with Crippen molar-refractivity contribution in [2.75, 3.05) is 27.5 Å². The van der Waals surface area contributed by atoms with E-state index in [9.17, 15) is 9.18 Å². The maximum Gasteiger partial charge on any atom is 0.360 e. The molecule has 0 aromatic carbocycles. The highest BCUT2D eigenvalue weighted by atomic mass is 19.1. The predicted molar refractivity (Wildman–Crippen MR) is 57.5 cm³/mol. The molecule has 0 atom stereocenters. The van der Waals surface area contributed by atoms with Crippen LogP contribution in [0.15, 0.2) is 0 Å². The number of aryl methyl sites for hydroxylation is 1. The Balaban J connectivity index is 2.88. The lowest BCUT2D eigenvalue weighted by Crippen LogP contribution is -2.12. The number of methoxy groups -OCH3 is 2. The van der Waals surface area contributed by atoms with Crippen molar-refractivity contribution in [3.8, 4) is 0 Å². The second kappa shape index (κ2) is 6.95. The van der Waals surface area contributed by atoms with Crippen LogP contribution in [0.5, 0.6) is 0 Å². The van der Waals surface area contributed by atoms with Crippen molar-refractivity contribution >= 4 is 5.97 Å². The first kappa shape index (κ1) is 13.6. The van der Waals surface area contributed by atoms with Gasteiger partial charge in [-0.15, -0.1) is 5.10 Å². The predicted octanol–water partition coefficient (Wildman–Crippen LogP) is 0.613. The van der Waals surface area contributed by atoms with Gasteiger partial charge in [0.2, 0.25) is 0 Å². The van der Waals surface area contributed by atoms with Crippen LogP contribution in [0.1, 0.15) is 22.6 Å². The van der Waals surface area contributed by atoms with E-state index in [1.165, 1.54) is 11.8 Å². The second-order valence-electron chi connectivity index (χ2n) is 3.38. The van der Waals surface area contributed by atoms with Crippen LogP contribution >= 0.6 is 0 Å². The lowest BCUT2D eigenvalue weighted by molar-refractivity contribution is 0.0592. The molecule has 0 N–H and O–H groups in total. The topological polar surface area (TPSA) is 66.2 Å². The molecule has 0 fully saturated rings. The van der Waals surface area contributed by atoms with Crippen LogP contribution < -0.4 is 0 Å². The Morgan fingerprint density at radius 2 is 2.24 bits per heavy atom. The van der Waals surface area contributed by atoms with Gasteiger partial charge in [0.1, 0.15) is 0 Å². The molecule has 0 bridgehead atoms. The van der Waals surface area contributed by atoms with E-state index in [1.807, 2.05) is 0 Å². The van der Waals surface area contributed by atoms with Crippen molar-refractivity contribution < 1.29 is 18.7 Å². The third-order valence-corrected chi connectivity index (χ3v) is 2.26. The van der Waals surface area contributed by atoms with E-state index in [-0.39, 0.29) is 5.69 Å². The number of carbonyl (C=O) groups is 1. The van der Waals surface area contributed by atoms with Crippen LogP contribution in [-0.2, 0) is 22.4 Å². The lowest BCUT2D eigenvalue weighted by Gasteiger charge is -2.05. The monoisotopic (exact) mass is 245 g/mol. The summed E-state index contributed by atoms with van der Waals surface area (Å²) in [6.07, 6.45) is 0.824. The molecular formula is C10H16FN3O3. The Kier molecular flexibility index (Phi) is 5.55. The molecule has 0 saturated heterocycles. The number of rotatable bonds is 7. The Labute approximate surface area is 98.7 Å². The summed E-state index contributed by atoms with van der Waals surface area (Å²) in [5, 5.41) is 7.57. The first-order valence-corrected chi connectivity index (χ1v) is 5.30. The van der Waals surface area contributed by atoms with Gasteiger partial charge in [-0.1, -0.05) is 5.21 Å². The fraction of sp³-hybridized carbons (Fsp3) is 0.700. The van der Waals surface area contributed by atoms with Crippen molar-refractivity contribution in [1.29, 1.82) is 0 Å². The van der Waals surface area contributed by atoms with E-state index in [0.717, 1.165) is 0 Å². The van der Waals surface area contributed by atoms with Gasteiger partial charge in [0.15, 0.2) is 5.69 Å². The molecule has 0 aliphatic rings. The highest BCUT2D eigenvalue weighted by molar-refractivity contribution is 5.88. The molecule has 1 heterocycles. The Morgan fingerprint density at radius 1 is 1.47 bits per heavy atom. The van der Waals surface area contributed by atoms with Crippen LogP contribution in [0.3, 0.4) is 0 Å². The van der Waals surface area contributed by atoms with Gasteiger partial charge < -0.3 is 9.47 Å². The molecule has 0 aliphatic heterocycles. The summed E-state index contributed by atoms with van der Waals surface area (Å²) in [6.45, 7) is 0.393. The van der Waals surface area contributed by atoms with Gasteiger partial charge in [-0.05, 0) is 6.42 Å². The van der Waals surface area contributed by atoms with Crippen LogP contribution in [0.25, 0.3) is 0 Å². The zero-order valence-electron chi connectivity index (χ0n) is 9.98. The maximum absolute atomic E-state index is 12.1. The molecule has 7 heteroatoms. The summed E-state index contributed by atoms with van der Waals surface area (Å²) in [6, 6.07) is 0. The van der Waals surface area contributed by atoms with Gasteiger partial charge in [-0.25, -0.2) is 9.48 Å². The van der Waals surface area contributed by atoms with Crippen molar-refractivity contribution in [1.82, 2.24) is 15.0 Å².